The van der Waals surface area contributed by atoms with Crippen molar-refractivity contribution >= 4 is 34.0 Å². The fourth-order valence-corrected chi connectivity index (χ4v) is 1.77. The average Bonchev–Trinajstić information content (AvgIpc) is 2.12. The zero-order valence-corrected chi connectivity index (χ0v) is 10.2. The molecule has 1 aromatic carbocycles. The van der Waals surface area contributed by atoms with Crippen molar-refractivity contribution < 1.29 is 5.11 Å². The van der Waals surface area contributed by atoms with Crippen LogP contribution in [0.25, 0.3) is 0 Å². The Balaban J connectivity index is 0.00000169. The molecule has 0 fully saturated rings. The Morgan fingerprint density at radius 1 is 1.50 bits per heavy atom. The molecule has 1 rings (SSSR count). The van der Waals surface area contributed by atoms with Crippen LogP contribution in [0.15, 0.2) is 16.6 Å². The van der Waals surface area contributed by atoms with E-state index in [-0.39, 0.29) is 24.2 Å². The van der Waals surface area contributed by atoms with E-state index >= 15 is 0 Å². The maximum Gasteiger partial charge on any atom is 0.144 e. The Morgan fingerprint density at radius 2 is 2.07 bits per heavy atom. The molecule has 5 N–H and O–H groups in total. The van der Waals surface area contributed by atoms with E-state index in [2.05, 4.69) is 15.9 Å². The van der Waals surface area contributed by atoms with E-state index in [1.807, 2.05) is 6.92 Å². The smallest absolute Gasteiger partial charge is 0.144 e. The molecule has 0 aliphatic heterocycles. The van der Waals surface area contributed by atoms with Crippen molar-refractivity contribution in [3.63, 3.8) is 0 Å². The van der Waals surface area contributed by atoms with Gasteiger partial charge in [0.05, 0.1) is 5.69 Å². The molecule has 0 aliphatic carbocycles. The minimum atomic E-state index is -0.183. The lowest BCUT2D eigenvalue weighted by atomic mass is 10.0. The summed E-state index contributed by atoms with van der Waals surface area (Å²) in [6, 6.07) is 3.25. The fourth-order valence-electron chi connectivity index (χ4n) is 1.16. The lowest BCUT2D eigenvalue weighted by Gasteiger charge is -2.14. The lowest BCUT2D eigenvalue weighted by Crippen LogP contribution is -2.10. The molecule has 14 heavy (non-hydrogen) atoms. The molecule has 3 nitrogen and oxygen atoms in total. The highest BCUT2D eigenvalue weighted by molar-refractivity contribution is 9.10. The van der Waals surface area contributed by atoms with Gasteiger partial charge in [-0.2, -0.15) is 0 Å². The second-order valence-corrected chi connectivity index (χ2v) is 3.77. The van der Waals surface area contributed by atoms with Gasteiger partial charge in [-0.05, 0) is 18.6 Å². The quantitative estimate of drug-likeness (QED) is 0.576. The van der Waals surface area contributed by atoms with Crippen LogP contribution in [0.3, 0.4) is 0 Å². The first-order valence-electron chi connectivity index (χ1n) is 4.10. The van der Waals surface area contributed by atoms with E-state index in [9.17, 15) is 5.11 Å². The number of nitrogens with two attached hydrogens (primary N) is 2. The number of phenols is 1. The summed E-state index contributed by atoms with van der Waals surface area (Å²) in [5, 5.41) is 9.64. The van der Waals surface area contributed by atoms with Crippen LogP contribution in [0.2, 0.25) is 0 Å². The molecule has 0 saturated carbocycles. The monoisotopic (exact) mass is 280 g/mol. The number of phenolic OH excluding ortho intramolecular Hbond substituents is 1. The summed E-state index contributed by atoms with van der Waals surface area (Å²) in [5.74, 6) is 0.0868. The zero-order valence-electron chi connectivity index (χ0n) is 7.83. The summed E-state index contributed by atoms with van der Waals surface area (Å²) in [6.45, 7) is 1.96. The Bertz CT molecular complexity index is 320. The molecule has 0 heterocycles. The first kappa shape index (κ1) is 13.5. The highest BCUT2D eigenvalue weighted by atomic mass is 79.9. The largest absolute Gasteiger partial charge is 0.505 e. The molecule has 0 unspecified atom stereocenters. The van der Waals surface area contributed by atoms with Gasteiger partial charge >= 0.3 is 0 Å². The summed E-state index contributed by atoms with van der Waals surface area (Å²) in [5.41, 5.74) is 12.4. The summed E-state index contributed by atoms with van der Waals surface area (Å²) < 4.78 is 0.800. The van der Waals surface area contributed by atoms with Gasteiger partial charge in [-0.3, -0.25) is 0 Å². The second-order valence-electron chi connectivity index (χ2n) is 2.91. The van der Waals surface area contributed by atoms with E-state index in [0.29, 0.717) is 11.3 Å². The van der Waals surface area contributed by atoms with Crippen LogP contribution < -0.4 is 11.5 Å². The van der Waals surface area contributed by atoms with Crippen LogP contribution in [-0.2, 0) is 0 Å². The van der Waals surface area contributed by atoms with Gasteiger partial charge in [0.2, 0.25) is 0 Å². The van der Waals surface area contributed by atoms with Crippen LogP contribution in [0.4, 0.5) is 5.69 Å². The zero-order chi connectivity index (χ0) is 10.0. The molecular formula is C9H14BrClN2O. The predicted molar refractivity (Wildman–Crippen MR) is 64.7 cm³/mol. The van der Waals surface area contributed by atoms with E-state index in [1.165, 1.54) is 0 Å². The average molecular weight is 282 g/mol. The van der Waals surface area contributed by atoms with Crippen LogP contribution >= 0.6 is 28.3 Å². The Labute approximate surface area is 98.0 Å². The molecule has 1 atom stereocenters. The van der Waals surface area contributed by atoms with Gasteiger partial charge < -0.3 is 16.6 Å². The summed E-state index contributed by atoms with van der Waals surface area (Å²) in [7, 11) is 0. The van der Waals surface area contributed by atoms with Gasteiger partial charge in [0, 0.05) is 16.1 Å². The maximum atomic E-state index is 9.64. The normalized spacial score (nSPS) is 11.9. The number of hydrogen-bond donors (Lipinski definition) is 3. The van der Waals surface area contributed by atoms with Crippen molar-refractivity contribution in [2.75, 3.05) is 5.73 Å². The molecule has 0 aliphatic rings. The Morgan fingerprint density at radius 3 is 2.57 bits per heavy atom. The first-order valence-corrected chi connectivity index (χ1v) is 4.89. The van der Waals surface area contributed by atoms with Crippen LogP contribution in [-0.4, -0.2) is 5.11 Å². The molecular weight excluding hydrogens is 267 g/mol. The second kappa shape index (κ2) is 5.44. The number of benzene rings is 1. The van der Waals surface area contributed by atoms with Crippen LogP contribution in [0, 0.1) is 0 Å². The molecule has 0 bridgehead atoms. The third kappa shape index (κ3) is 2.53. The van der Waals surface area contributed by atoms with E-state index in [1.54, 1.807) is 12.1 Å². The van der Waals surface area contributed by atoms with Gasteiger partial charge in [0.1, 0.15) is 5.75 Å². The first-order chi connectivity index (χ1) is 6.07. The van der Waals surface area contributed by atoms with Crippen molar-refractivity contribution in [3.8, 4) is 5.75 Å². The highest BCUT2D eigenvalue weighted by Gasteiger charge is 2.14. The number of halogens is 2. The molecule has 5 heteroatoms. The molecule has 0 saturated heterocycles. The van der Waals surface area contributed by atoms with Crippen molar-refractivity contribution in [1.82, 2.24) is 0 Å². The van der Waals surface area contributed by atoms with Gasteiger partial charge in [0.15, 0.2) is 0 Å². The van der Waals surface area contributed by atoms with Crippen molar-refractivity contribution in [2.45, 2.75) is 19.4 Å². The molecule has 0 aromatic heterocycles. The third-order valence-electron chi connectivity index (χ3n) is 2.01. The summed E-state index contributed by atoms with van der Waals surface area (Å²) in [4.78, 5) is 0. The van der Waals surface area contributed by atoms with Gasteiger partial charge in [-0.1, -0.05) is 22.9 Å². The minimum Gasteiger partial charge on any atom is -0.505 e. The van der Waals surface area contributed by atoms with Gasteiger partial charge in [-0.15, -0.1) is 12.4 Å². The van der Waals surface area contributed by atoms with Crippen molar-refractivity contribution in [1.29, 1.82) is 0 Å². The Kier molecular flexibility index (Phi) is 5.26. The number of aromatic hydroxyl groups is 1. The fraction of sp³-hybridized carbons (Fsp3) is 0.333. The van der Waals surface area contributed by atoms with Crippen LogP contribution in [0.1, 0.15) is 24.9 Å². The van der Waals surface area contributed by atoms with Crippen molar-refractivity contribution in [3.05, 3.63) is 22.2 Å². The number of hydrogen-bond acceptors (Lipinski definition) is 3. The predicted octanol–water partition coefficient (Wildman–Crippen LogP) is 2.57. The van der Waals surface area contributed by atoms with E-state index in [4.69, 9.17) is 11.5 Å². The number of rotatable bonds is 2. The molecule has 0 radical (unpaired) electrons. The molecule has 0 spiro atoms. The Hall–Kier alpha value is -0.450. The van der Waals surface area contributed by atoms with E-state index < -0.39 is 0 Å². The van der Waals surface area contributed by atoms with Crippen LogP contribution in [0.5, 0.6) is 5.75 Å². The number of nitrogen functional groups attached to an aromatic ring is 1. The summed E-state index contributed by atoms with van der Waals surface area (Å²) >= 11 is 3.33. The minimum absolute atomic E-state index is 0. The highest BCUT2D eigenvalue weighted by Crippen LogP contribution is 2.36. The SMILES string of the molecule is CC[C@H](N)c1c(Br)ccc(N)c1O.Cl. The third-order valence-corrected chi connectivity index (χ3v) is 2.70. The summed E-state index contributed by atoms with van der Waals surface area (Å²) in [6.07, 6.45) is 0.760. The van der Waals surface area contributed by atoms with Gasteiger partial charge in [-0.25, -0.2) is 0 Å². The molecule has 80 valence electrons. The van der Waals surface area contributed by atoms with Gasteiger partial charge in [0.25, 0.3) is 0 Å². The number of anilines is 1. The van der Waals surface area contributed by atoms with Crippen molar-refractivity contribution in [2.24, 2.45) is 5.73 Å². The topological polar surface area (TPSA) is 72.3 Å². The standard InChI is InChI=1S/C9H13BrN2O.ClH/c1-2-6(11)8-5(10)3-4-7(12)9(8)13;/h3-4,6,13H,2,11-12H2,1H3;1H/t6-;/m0./s1. The van der Waals surface area contributed by atoms with E-state index in [0.717, 1.165) is 10.9 Å². The molecule has 1 aromatic rings. The molecule has 0 amide bonds. The lowest BCUT2D eigenvalue weighted by molar-refractivity contribution is 0.462. The maximum absolute atomic E-state index is 9.64.